The van der Waals surface area contributed by atoms with Gasteiger partial charge in [0.25, 0.3) is 0 Å². The van der Waals surface area contributed by atoms with E-state index in [4.69, 9.17) is 9.47 Å². The lowest BCUT2D eigenvalue weighted by Gasteiger charge is -2.31. The van der Waals surface area contributed by atoms with Gasteiger partial charge in [-0.25, -0.2) is 9.59 Å². The van der Waals surface area contributed by atoms with Crippen molar-refractivity contribution >= 4 is 18.0 Å². The van der Waals surface area contributed by atoms with Gasteiger partial charge in [0, 0.05) is 45.7 Å². The average Bonchev–Trinajstić information content (AvgIpc) is 3.53. The van der Waals surface area contributed by atoms with E-state index in [1.807, 2.05) is 66.7 Å². The second kappa shape index (κ2) is 12.5. The molecule has 0 spiro atoms. The van der Waals surface area contributed by atoms with Crippen LogP contribution in [-0.2, 0) is 25.6 Å². The topological polar surface area (TPSA) is 117 Å². The summed E-state index contributed by atoms with van der Waals surface area (Å²) in [5, 5.41) is 15.2. The minimum Gasteiger partial charge on any atom is -0.480 e. The molecule has 2 unspecified atom stereocenters. The van der Waals surface area contributed by atoms with Crippen LogP contribution in [0.25, 0.3) is 11.1 Å². The van der Waals surface area contributed by atoms with Crippen molar-refractivity contribution in [2.45, 2.75) is 36.9 Å². The third-order valence-corrected chi connectivity index (χ3v) is 7.93. The molecule has 3 N–H and O–H groups in total. The molecule has 41 heavy (non-hydrogen) atoms. The summed E-state index contributed by atoms with van der Waals surface area (Å²) in [5.41, 5.74) is 4.15. The first kappa shape index (κ1) is 28.3. The Labute approximate surface area is 239 Å². The molecule has 9 heteroatoms. The van der Waals surface area contributed by atoms with Crippen LogP contribution in [0, 0.1) is 0 Å². The first-order valence-electron chi connectivity index (χ1n) is 13.8. The number of carboxylic acids is 1. The van der Waals surface area contributed by atoms with Crippen LogP contribution < -0.4 is 10.6 Å². The fraction of sp³-hybridized carbons (Fsp3) is 0.344. The van der Waals surface area contributed by atoms with Crippen LogP contribution in [0.2, 0.25) is 0 Å². The van der Waals surface area contributed by atoms with E-state index in [0.717, 1.165) is 27.8 Å². The Kier molecular flexibility index (Phi) is 8.66. The number of nitrogens with zero attached hydrogens (tertiary/aromatic N) is 1. The number of alkyl carbamates (subject to hydrolysis) is 1. The van der Waals surface area contributed by atoms with Crippen molar-refractivity contribution in [1.29, 1.82) is 0 Å². The molecule has 1 saturated heterocycles. The molecule has 3 aromatic carbocycles. The summed E-state index contributed by atoms with van der Waals surface area (Å²) in [5.74, 6) is -1.84. The summed E-state index contributed by atoms with van der Waals surface area (Å²) in [7, 11) is 1.47. The van der Waals surface area contributed by atoms with Crippen LogP contribution in [-0.4, -0.2) is 73.0 Å². The summed E-state index contributed by atoms with van der Waals surface area (Å²) in [6.07, 6.45) is -0.300. The maximum absolute atomic E-state index is 13.7. The minimum absolute atomic E-state index is 0.103. The van der Waals surface area contributed by atoms with Gasteiger partial charge in [-0.05, 0) is 34.2 Å². The average molecular weight is 558 g/mol. The van der Waals surface area contributed by atoms with E-state index < -0.39 is 29.6 Å². The number of benzene rings is 3. The van der Waals surface area contributed by atoms with Crippen LogP contribution in [0.15, 0.2) is 78.9 Å². The first-order chi connectivity index (χ1) is 19.9. The second-order valence-electron chi connectivity index (χ2n) is 10.6. The number of fused-ring (bicyclic) bond motifs is 3. The fourth-order valence-electron chi connectivity index (χ4n) is 5.83. The van der Waals surface area contributed by atoms with Gasteiger partial charge in [-0.1, -0.05) is 78.9 Å². The van der Waals surface area contributed by atoms with Crippen LogP contribution in [0.5, 0.6) is 0 Å². The summed E-state index contributed by atoms with van der Waals surface area (Å²) in [6.45, 7) is 1.63. The summed E-state index contributed by atoms with van der Waals surface area (Å²) < 4.78 is 10.8. The lowest BCUT2D eigenvalue weighted by molar-refractivity contribution is -0.143. The van der Waals surface area contributed by atoms with Crippen molar-refractivity contribution in [1.82, 2.24) is 15.5 Å². The lowest BCUT2D eigenvalue weighted by Crippen LogP contribution is -2.62. The van der Waals surface area contributed by atoms with Gasteiger partial charge in [0.05, 0.1) is 0 Å². The lowest BCUT2D eigenvalue weighted by atomic mass is 9.96. The standard InChI is InChI=1S/C32H35N3O6/c1-40-18-15-28(29(36)37)33-30(38)32(16-17-35(21-32)19-22-9-3-2-4-10-22)34-31(39)41-20-27-25-13-7-5-11-23(25)24-12-6-8-14-26(24)27/h2-14,27-28H,15-21H2,1H3,(H,33,38)(H,34,39)(H,36,37). The molecule has 214 valence electrons. The molecule has 1 fully saturated rings. The maximum Gasteiger partial charge on any atom is 0.408 e. The normalized spacial score (nSPS) is 18.8. The van der Waals surface area contributed by atoms with Gasteiger partial charge in [-0.15, -0.1) is 0 Å². The molecule has 2 atom stereocenters. The van der Waals surface area contributed by atoms with E-state index in [9.17, 15) is 19.5 Å². The zero-order valence-electron chi connectivity index (χ0n) is 23.0. The monoisotopic (exact) mass is 557 g/mol. The molecule has 0 saturated carbocycles. The molecular formula is C32H35N3O6. The molecular weight excluding hydrogens is 522 g/mol. The molecule has 5 rings (SSSR count). The number of rotatable bonds is 11. The highest BCUT2D eigenvalue weighted by Gasteiger charge is 2.47. The van der Waals surface area contributed by atoms with Gasteiger partial charge in [0.2, 0.25) is 5.91 Å². The van der Waals surface area contributed by atoms with E-state index in [0.29, 0.717) is 19.5 Å². The zero-order valence-corrected chi connectivity index (χ0v) is 23.0. The number of carboxylic acid groups (broad SMARTS) is 1. The number of nitrogens with one attached hydrogen (secondary N) is 2. The van der Waals surface area contributed by atoms with Gasteiger partial charge >= 0.3 is 12.1 Å². The molecule has 1 heterocycles. The Balaban J connectivity index is 1.31. The van der Waals surface area contributed by atoms with Crippen molar-refractivity contribution in [3.63, 3.8) is 0 Å². The summed E-state index contributed by atoms with van der Waals surface area (Å²) in [4.78, 5) is 40.9. The van der Waals surface area contributed by atoms with Gasteiger partial charge in [0.1, 0.15) is 18.2 Å². The minimum atomic E-state index is -1.35. The number of hydrogen-bond acceptors (Lipinski definition) is 6. The zero-order chi connectivity index (χ0) is 28.8. The van der Waals surface area contributed by atoms with E-state index in [1.165, 1.54) is 7.11 Å². The Hall–Kier alpha value is -4.21. The van der Waals surface area contributed by atoms with Crippen molar-refractivity contribution in [3.8, 4) is 11.1 Å². The number of methoxy groups -OCH3 is 1. The van der Waals surface area contributed by atoms with E-state index in [1.54, 1.807) is 0 Å². The van der Waals surface area contributed by atoms with Crippen LogP contribution in [0.3, 0.4) is 0 Å². The Morgan fingerprint density at radius 1 is 0.976 bits per heavy atom. The van der Waals surface area contributed by atoms with Crippen LogP contribution in [0.4, 0.5) is 4.79 Å². The third kappa shape index (κ3) is 6.26. The first-order valence-corrected chi connectivity index (χ1v) is 13.8. The maximum atomic E-state index is 13.7. The summed E-state index contributed by atoms with van der Waals surface area (Å²) in [6, 6.07) is 24.8. The predicted octanol–water partition coefficient (Wildman–Crippen LogP) is 3.78. The molecule has 3 aromatic rings. The molecule has 1 aliphatic carbocycles. The number of carbonyl (C=O) groups excluding carboxylic acids is 2. The van der Waals surface area contributed by atoms with Crippen molar-refractivity contribution in [2.75, 3.05) is 33.4 Å². The quantitative estimate of drug-likeness (QED) is 0.329. The number of aliphatic carboxylic acids is 1. The molecule has 0 radical (unpaired) electrons. The number of carbonyl (C=O) groups is 3. The largest absolute Gasteiger partial charge is 0.480 e. The van der Waals surface area contributed by atoms with Gasteiger partial charge in [0.15, 0.2) is 0 Å². The number of likely N-dealkylation sites (tertiary alicyclic amines) is 1. The SMILES string of the molecule is COCCC(NC(=O)C1(NC(=O)OCC2c3ccccc3-c3ccccc32)CCN(Cc2ccccc2)C1)C(=O)O. The highest BCUT2D eigenvalue weighted by Crippen LogP contribution is 2.44. The van der Waals surface area contributed by atoms with Crippen molar-refractivity contribution < 1.29 is 29.0 Å². The van der Waals surface area contributed by atoms with Gasteiger partial charge < -0.3 is 25.2 Å². The molecule has 9 nitrogen and oxygen atoms in total. The third-order valence-electron chi connectivity index (χ3n) is 7.93. The number of ether oxygens (including phenoxy) is 2. The van der Waals surface area contributed by atoms with Gasteiger partial charge in [-0.3, -0.25) is 9.69 Å². The summed E-state index contributed by atoms with van der Waals surface area (Å²) >= 11 is 0. The van der Waals surface area contributed by atoms with Crippen LogP contribution in [0.1, 0.15) is 35.4 Å². The Morgan fingerprint density at radius 2 is 1.61 bits per heavy atom. The fourth-order valence-corrected chi connectivity index (χ4v) is 5.83. The molecule has 0 bridgehead atoms. The van der Waals surface area contributed by atoms with Crippen molar-refractivity contribution in [3.05, 3.63) is 95.6 Å². The highest BCUT2D eigenvalue weighted by molar-refractivity contribution is 5.93. The molecule has 0 aromatic heterocycles. The van der Waals surface area contributed by atoms with E-state index in [2.05, 4.69) is 27.7 Å². The Morgan fingerprint density at radius 3 is 2.24 bits per heavy atom. The van der Waals surface area contributed by atoms with Crippen LogP contribution >= 0.6 is 0 Å². The highest BCUT2D eigenvalue weighted by atomic mass is 16.5. The Bertz CT molecular complexity index is 1350. The molecule has 2 aliphatic rings. The van der Waals surface area contributed by atoms with E-state index >= 15 is 0 Å². The number of amides is 2. The molecule has 1 aliphatic heterocycles. The molecule has 2 amide bonds. The predicted molar refractivity (Wildman–Crippen MR) is 153 cm³/mol. The van der Waals surface area contributed by atoms with Crippen molar-refractivity contribution in [2.24, 2.45) is 0 Å². The van der Waals surface area contributed by atoms with Gasteiger partial charge in [-0.2, -0.15) is 0 Å². The second-order valence-corrected chi connectivity index (χ2v) is 10.6. The smallest absolute Gasteiger partial charge is 0.408 e. The van der Waals surface area contributed by atoms with E-state index in [-0.39, 0.29) is 32.1 Å². The number of hydrogen-bond donors (Lipinski definition) is 3.